The Balaban J connectivity index is 1.83. The first kappa shape index (κ1) is 24.6. The lowest BCUT2D eigenvalue weighted by Crippen LogP contribution is -2.31. The van der Waals surface area contributed by atoms with Crippen molar-refractivity contribution >= 4 is 5.78 Å². The predicted octanol–water partition coefficient (Wildman–Crippen LogP) is 4.51. The molecular formula is C26H34O7. The van der Waals surface area contributed by atoms with Crippen LogP contribution in [0.3, 0.4) is 0 Å². The standard InChI is InChI=1S/C26H34O7/c1-28-20-12-10-18(23(30-3)25(20)32-5)14-16-8-7-9-17(22(16)27)15-19-11-13-21(29-2)26(33-6)24(19)31-4/h10-13,16-17H,7-9,14-15H2,1-6H3/t16-,17-/m0/s1. The van der Waals surface area contributed by atoms with Crippen LogP contribution < -0.4 is 28.4 Å². The molecular weight excluding hydrogens is 424 g/mol. The molecule has 0 bridgehead atoms. The van der Waals surface area contributed by atoms with Crippen molar-refractivity contribution in [3.63, 3.8) is 0 Å². The normalized spacial score (nSPS) is 17.9. The van der Waals surface area contributed by atoms with E-state index >= 15 is 0 Å². The maximum absolute atomic E-state index is 13.5. The van der Waals surface area contributed by atoms with E-state index in [0.29, 0.717) is 47.3 Å². The lowest BCUT2D eigenvalue weighted by Gasteiger charge is -2.29. The highest BCUT2D eigenvalue weighted by molar-refractivity contribution is 5.85. The van der Waals surface area contributed by atoms with Gasteiger partial charge in [-0.1, -0.05) is 18.6 Å². The van der Waals surface area contributed by atoms with Crippen LogP contribution in [-0.4, -0.2) is 48.4 Å². The summed E-state index contributed by atoms with van der Waals surface area (Å²) < 4.78 is 33.0. The van der Waals surface area contributed by atoms with E-state index in [0.717, 1.165) is 30.4 Å². The number of ether oxygens (including phenoxy) is 6. The van der Waals surface area contributed by atoms with Crippen LogP contribution in [0.2, 0.25) is 0 Å². The van der Waals surface area contributed by atoms with Crippen molar-refractivity contribution in [2.75, 3.05) is 42.7 Å². The molecule has 1 aliphatic rings. The Bertz CT molecular complexity index is 894. The first-order chi connectivity index (χ1) is 16.0. The summed E-state index contributed by atoms with van der Waals surface area (Å²) in [5.41, 5.74) is 1.88. The number of Topliss-reactive ketones (excluding diaryl/α,β-unsaturated/α-hetero) is 1. The Hall–Kier alpha value is -3.09. The van der Waals surface area contributed by atoms with Crippen molar-refractivity contribution in [1.29, 1.82) is 0 Å². The monoisotopic (exact) mass is 458 g/mol. The Morgan fingerprint density at radius 2 is 1.00 bits per heavy atom. The molecule has 0 unspecified atom stereocenters. The summed E-state index contributed by atoms with van der Waals surface area (Å²) in [4.78, 5) is 13.5. The first-order valence-corrected chi connectivity index (χ1v) is 11.1. The summed E-state index contributed by atoms with van der Waals surface area (Å²) in [5.74, 6) is 3.65. The van der Waals surface area contributed by atoms with Crippen LogP contribution in [0.1, 0.15) is 30.4 Å². The van der Waals surface area contributed by atoms with E-state index in [2.05, 4.69) is 0 Å². The fraction of sp³-hybridized carbons (Fsp3) is 0.500. The average Bonchev–Trinajstić information content (AvgIpc) is 2.85. The minimum absolute atomic E-state index is 0.0816. The molecule has 0 N–H and O–H groups in total. The second-order valence-corrected chi connectivity index (χ2v) is 8.12. The molecule has 1 aliphatic carbocycles. The van der Waals surface area contributed by atoms with Gasteiger partial charge in [0.05, 0.1) is 42.7 Å². The van der Waals surface area contributed by atoms with Crippen LogP contribution >= 0.6 is 0 Å². The maximum Gasteiger partial charge on any atom is 0.203 e. The lowest BCUT2D eigenvalue weighted by atomic mass is 9.75. The number of benzene rings is 2. The average molecular weight is 459 g/mol. The summed E-state index contributed by atoms with van der Waals surface area (Å²) in [6.45, 7) is 0. The first-order valence-electron chi connectivity index (χ1n) is 11.1. The fourth-order valence-corrected chi connectivity index (χ4v) is 4.81. The molecule has 1 saturated carbocycles. The molecule has 0 saturated heterocycles. The van der Waals surface area contributed by atoms with E-state index in [-0.39, 0.29) is 17.6 Å². The molecule has 2 aromatic rings. The molecule has 7 nitrogen and oxygen atoms in total. The van der Waals surface area contributed by atoms with Crippen LogP contribution in [0.25, 0.3) is 0 Å². The molecule has 0 aromatic heterocycles. The van der Waals surface area contributed by atoms with Crippen molar-refractivity contribution in [3.8, 4) is 34.5 Å². The van der Waals surface area contributed by atoms with E-state index in [1.165, 1.54) is 0 Å². The van der Waals surface area contributed by atoms with Gasteiger partial charge >= 0.3 is 0 Å². The Labute approximate surface area is 195 Å². The van der Waals surface area contributed by atoms with Crippen molar-refractivity contribution in [3.05, 3.63) is 35.4 Å². The number of hydrogen-bond acceptors (Lipinski definition) is 7. The van der Waals surface area contributed by atoms with Crippen molar-refractivity contribution in [1.82, 2.24) is 0 Å². The molecule has 0 aliphatic heterocycles. The Kier molecular flexibility index (Phi) is 8.31. The molecule has 2 aromatic carbocycles. The number of methoxy groups -OCH3 is 6. The predicted molar refractivity (Wildman–Crippen MR) is 125 cm³/mol. The number of carbonyl (C=O) groups excluding carboxylic acids is 1. The van der Waals surface area contributed by atoms with Crippen molar-refractivity contribution < 1.29 is 33.2 Å². The third kappa shape index (κ3) is 4.97. The third-order valence-electron chi connectivity index (χ3n) is 6.41. The van der Waals surface area contributed by atoms with Gasteiger partial charge in [0.25, 0.3) is 0 Å². The lowest BCUT2D eigenvalue weighted by molar-refractivity contribution is -0.129. The van der Waals surface area contributed by atoms with Gasteiger partial charge in [0.1, 0.15) is 5.78 Å². The molecule has 1 fully saturated rings. The molecule has 2 atom stereocenters. The van der Waals surface area contributed by atoms with Gasteiger partial charge in [-0.05, 0) is 48.9 Å². The van der Waals surface area contributed by atoms with Crippen LogP contribution in [0, 0.1) is 11.8 Å². The minimum Gasteiger partial charge on any atom is -0.493 e. The second-order valence-electron chi connectivity index (χ2n) is 8.12. The number of hydrogen-bond donors (Lipinski definition) is 0. The minimum atomic E-state index is -0.0816. The Morgan fingerprint density at radius 3 is 1.33 bits per heavy atom. The number of rotatable bonds is 10. The summed E-state index contributed by atoms with van der Waals surface area (Å²) in [7, 11) is 9.57. The fourth-order valence-electron chi connectivity index (χ4n) is 4.81. The summed E-state index contributed by atoms with van der Waals surface area (Å²) in [6.07, 6.45) is 3.90. The zero-order valence-corrected chi connectivity index (χ0v) is 20.4. The smallest absolute Gasteiger partial charge is 0.203 e. The third-order valence-corrected chi connectivity index (χ3v) is 6.41. The highest BCUT2D eigenvalue weighted by atomic mass is 16.5. The highest BCUT2D eigenvalue weighted by Crippen LogP contribution is 2.44. The van der Waals surface area contributed by atoms with Crippen LogP contribution in [-0.2, 0) is 17.6 Å². The van der Waals surface area contributed by atoms with Crippen molar-refractivity contribution in [2.45, 2.75) is 32.1 Å². The Morgan fingerprint density at radius 1 is 0.606 bits per heavy atom. The molecule has 0 amide bonds. The van der Waals surface area contributed by atoms with E-state index in [9.17, 15) is 4.79 Å². The summed E-state index contributed by atoms with van der Waals surface area (Å²) in [6, 6.07) is 7.62. The largest absolute Gasteiger partial charge is 0.493 e. The van der Waals surface area contributed by atoms with Gasteiger partial charge in [0.2, 0.25) is 11.5 Å². The second kappa shape index (κ2) is 11.2. The van der Waals surface area contributed by atoms with Gasteiger partial charge in [-0.3, -0.25) is 4.79 Å². The topological polar surface area (TPSA) is 72.5 Å². The molecule has 33 heavy (non-hydrogen) atoms. The highest BCUT2D eigenvalue weighted by Gasteiger charge is 2.33. The van der Waals surface area contributed by atoms with Gasteiger partial charge < -0.3 is 28.4 Å². The number of ketones is 1. The van der Waals surface area contributed by atoms with E-state index < -0.39 is 0 Å². The summed E-state index contributed by atoms with van der Waals surface area (Å²) in [5, 5.41) is 0. The zero-order chi connectivity index (χ0) is 24.0. The molecule has 0 radical (unpaired) electrons. The molecule has 0 heterocycles. The van der Waals surface area contributed by atoms with E-state index in [4.69, 9.17) is 28.4 Å². The molecule has 180 valence electrons. The molecule has 0 spiro atoms. The van der Waals surface area contributed by atoms with Crippen molar-refractivity contribution in [2.24, 2.45) is 11.8 Å². The van der Waals surface area contributed by atoms with Gasteiger partial charge in [-0.15, -0.1) is 0 Å². The van der Waals surface area contributed by atoms with Gasteiger partial charge in [0, 0.05) is 11.8 Å². The number of carbonyl (C=O) groups is 1. The van der Waals surface area contributed by atoms with E-state index in [1.807, 2.05) is 24.3 Å². The van der Waals surface area contributed by atoms with Gasteiger partial charge in [0.15, 0.2) is 23.0 Å². The summed E-state index contributed by atoms with van der Waals surface area (Å²) >= 11 is 0. The van der Waals surface area contributed by atoms with E-state index in [1.54, 1.807) is 42.7 Å². The maximum atomic E-state index is 13.5. The van der Waals surface area contributed by atoms with Gasteiger partial charge in [-0.25, -0.2) is 0 Å². The molecule has 3 rings (SSSR count). The van der Waals surface area contributed by atoms with Crippen LogP contribution in [0.15, 0.2) is 24.3 Å². The van der Waals surface area contributed by atoms with Gasteiger partial charge in [-0.2, -0.15) is 0 Å². The quantitative estimate of drug-likeness (QED) is 0.519. The van der Waals surface area contributed by atoms with Crippen LogP contribution in [0.4, 0.5) is 0 Å². The van der Waals surface area contributed by atoms with Crippen LogP contribution in [0.5, 0.6) is 34.5 Å². The zero-order valence-electron chi connectivity index (χ0n) is 20.4. The SMILES string of the molecule is COc1ccc(C[C@@H]2CCC[C@@H](Cc3ccc(OC)c(OC)c3OC)C2=O)c(OC)c1OC. The molecule has 7 heteroatoms.